The lowest BCUT2D eigenvalue weighted by atomic mass is 9.88. The molecule has 6 aromatic carbocycles. The van der Waals surface area contributed by atoms with Gasteiger partial charge in [-0.25, -0.2) is 4.98 Å². The van der Waals surface area contributed by atoms with Gasteiger partial charge in [-0.05, 0) is 93.9 Å². The van der Waals surface area contributed by atoms with Crippen molar-refractivity contribution >= 4 is 33.0 Å². The van der Waals surface area contributed by atoms with Crippen molar-refractivity contribution in [3.05, 3.63) is 194 Å². The number of fused-ring (bicyclic) bond motifs is 4. The number of nitrogens with zero attached hydrogens (tertiary/aromatic N) is 5. The van der Waals surface area contributed by atoms with Gasteiger partial charge in [-0.3, -0.25) is 18.7 Å². The first-order chi connectivity index (χ1) is 32.0. The minimum atomic E-state index is -0.575. The van der Waals surface area contributed by atoms with Gasteiger partial charge in [-0.15, -0.1) is 0 Å². The molecule has 0 saturated heterocycles. The molecule has 10 rings (SSSR count). The summed E-state index contributed by atoms with van der Waals surface area (Å²) in [6, 6.07) is 28.5. The fraction of sp³-hybridized carbons (Fsp3) is 0.0784. The quantitative estimate of drug-likeness (QED) is 0.120. The molecule has 0 spiro atoms. The van der Waals surface area contributed by atoms with Gasteiger partial charge in [0.1, 0.15) is 22.8 Å². The summed E-state index contributed by atoms with van der Waals surface area (Å²) in [5.74, 6) is 1.85. The minimum Gasteiger partial charge on any atom is -0.458 e. The number of pyridine rings is 2. The highest BCUT2D eigenvalue weighted by atomic mass is 16.5. The summed E-state index contributed by atoms with van der Waals surface area (Å²) in [6.45, 7) is 6.52. The summed E-state index contributed by atoms with van der Waals surface area (Å²) >= 11 is 0. The molecule has 6 heteroatoms. The van der Waals surface area contributed by atoms with Gasteiger partial charge in [-0.2, -0.15) is 0 Å². The first-order valence-corrected chi connectivity index (χ1v) is 18.4. The maximum Gasteiger partial charge on any atom is 0.271 e. The van der Waals surface area contributed by atoms with Gasteiger partial charge in [0.05, 0.1) is 36.1 Å². The molecule has 10 aromatic rings. The van der Waals surface area contributed by atoms with Gasteiger partial charge in [0.25, 0.3) is 6.33 Å². The lowest BCUT2D eigenvalue weighted by Gasteiger charge is -2.20. The molecule has 0 atom stereocenters. The normalized spacial score (nSPS) is 14.2. The third kappa shape index (κ3) is 6.12. The minimum absolute atomic E-state index is 0.0899. The molecule has 0 radical (unpaired) electrons. The molecule has 57 heavy (non-hydrogen) atoms. The second-order valence-electron chi connectivity index (χ2n) is 14.6. The molecular formula is C51H39N5O. The Labute approximate surface area is 345 Å². The van der Waals surface area contributed by atoms with E-state index in [0.29, 0.717) is 28.4 Å². The Morgan fingerprint density at radius 3 is 2.09 bits per heavy atom. The number of aromatic nitrogens is 5. The van der Waals surface area contributed by atoms with Crippen LogP contribution in [0.5, 0.6) is 11.5 Å². The number of hydrogen-bond acceptors (Lipinski definition) is 3. The summed E-state index contributed by atoms with van der Waals surface area (Å²) in [5, 5.41) is 2.11. The number of benzene rings is 6. The number of rotatable bonds is 7. The Bertz CT molecular complexity index is 3540. The zero-order chi connectivity index (χ0) is 47.2. The van der Waals surface area contributed by atoms with E-state index < -0.39 is 60.4 Å². The summed E-state index contributed by atoms with van der Waals surface area (Å²) in [4.78, 5) is 9.54. The van der Waals surface area contributed by atoms with Crippen LogP contribution < -0.4 is 9.30 Å². The predicted octanol–water partition coefficient (Wildman–Crippen LogP) is 12.0. The second-order valence-corrected chi connectivity index (χ2v) is 14.6. The van der Waals surface area contributed by atoms with Crippen LogP contribution in [0.25, 0.3) is 72.4 Å². The van der Waals surface area contributed by atoms with Crippen molar-refractivity contribution in [3.8, 4) is 50.9 Å². The van der Waals surface area contributed by atoms with E-state index >= 15 is 0 Å². The standard InChI is InChI=1S/C51H39N5O/c1-51(2,3)37-28-30-52-48(31-37)56-45-24-11-10-21-43(45)44-27-26-40(33-47(44)56)57-39-20-12-19-38(32-39)54-34-55(46-25-14-29-53-50(46)54)49-41(35-15-6-4-7-16-35)22-13-23-42(49)36-17-8-5-9-18-36/h4-33H,1-3H3/i4D,5D,6D,7D,8D,9D,15D,16D,17D,18D. The molecule has 6 nitrogen and oxygen atoms in total. The van der Waals surface area contributed by atoms with E-state index in [4.69, 9.17) is 28.4 Å². The molecule has 4 heterocycles. The van der Waals surface area contributed by atoms with Crippen molar-refractivity contribution < 1.29 is 23.0 Å². The van der Waals surface area contributed by atoms with Crippen LogP contribution in [0.1, 0.15) is 40.0 Å². The number of hydrogen-bond donors (Lipinski definition) is 0. The Kier molecular flexibility index (Phi) is 6.03. The molecule has 274 valence electrons. The smallest absolute Gasteiger partial charge is 0.271 e. The molecule has 4 aromatic heterocycles. The number of imidazole rings is 1. The molecule has 0 amide bonds. The van der Waals surface area contributed by atoms with Crippen molar-refractivity contribution in [2.45, 2.75) is 26.2 Å². The lowest BCUT2D eigenvalue weighted by Crippen LogP contribution is -2.31. The summed E-state index contributed by atoms with van der Waals surface area (Å²) in [6.07, 6.45) is 6.82. The number of para-hydroxylation sites is 2. The Morgan fingerprint density at radius 1 is 0.632 bits per heavy atom. The van der Waals surface area contributed by atoms with Gasteiger partial charge in [0.15, 0.2) is 5.65 Å². The molecule has 0 aliphatic rings. The molecule has 0 unspecified atom stereocenters. The van der Waals surface area contributed by atoms with Crippen molar-refractivity contribution in [2.75, 3.05) is 0 Å². The van der Waals surface area contributed by atoms with Crippen molar-refractivity contribution in [2.24, 2.45) is 0 Å². The summed E-state index contributed by atoms with van der Waals surface area (Å²) in [5.41, 5.74) is 4.53. The highest BCUT2D eigenvalue weighted by Crippen LogP contribution is 2.37. The van der Waals surface area contributed by atoms with Gasteiger partial charge in [-0.1, -0.05) is 124 Å². The maximum absolute atomic E-state index is 8.98. The third-order valence-corrected chi connectivity index (χ3v) is 10.0. The van der Waals surface area contributed by atoms with E-state index in [1.54, 1.807) is 45.7 Å². The van der Waals surface area contributed by atoms with Crippen LogP contribution in [0.3, 0.4) is 0 Å². The zero-order valence-corrected chi connectivity index (χ0v) is 31.2. The fourth-order valence-electron chi connectivity index (χ4n) is 7.33. The van der Waals surface area contributed by atoms with Gasteiger partial charge >= 0.3 is 0 Å². The van der Waals surface area contributed by atoms with Crippen LogP contribution in [0, 0.1) is 6.33 Å². The second kappa shape index (κ2) is 13.8. The molecule has 0 N–H and O–H groups in total. The monoisotopic (exact) mass is 747 g/mol. The Morgan fingerprint density at radius 2 is 1.33 bits per heavy atom. The molecule has 0 aliphatic heterocycles. The average Bonchev–Trinajstić information content (AvgIpc) is 3.87. The predicted molar refractivity (Wildman–Crippen MR) is 230 cm³/mol. The van der Waals surface area contributed by atoms with E-state index in [1.165, 1.54) is 0 Å². The van der Waals surface area contributed by atoms with Gasteiger partial charge in [0.2, 0.25) is 0 Å². The van der Waals surface area contributed by atoms with Crippen LogP contribution in [-0.2, 0) is 5.41 Å². The largest absolute Gasteiger partial charge is 0.458 e. The van der Waals surface area contributed by atoms with E-state index in [9.17, 15) is 0 Å². The SMILES string of the molecule is [2H]c1c([2H])c([2H])c(-c2cccc(-c3c([2H])c([2H])c([2H])c([2H])c3[2H])c2-[n+]2[c-]n(-c3cccc(Oc4ccc5c6ccccc6n(-c6cc(C(C)(C)C)ccn6)c5c4)c3)c3ncccc32)c([2H])c1[2H]. The topological polar surface area (TPSA) is 48.8 Å². The van der Waals surface area contributed by atoms with Gasteiger partial charge < -0.3 is 4.74 Å². The van der Waals surface area contributed by atoms with Crippen LogP contribution in [-0.4, -0.2) is 19.1 Å². The third-order valence-electron chi connectivity index (χ3n) is 10.0. The van der Waals surface area contributed by atoms with Crippen LogP contribution in [0.4, 0.5) is 0 Å². The van der Waals surface area contributed by atoms with E-state index in [1.807, 2.05) is 66.9 Å². The molecule has 0 bridgehead atoms. The van der Waals surface area contributed by atoms with Crippen LogP contribution in [0.2, 0.25) is 0 Å². The van der Waals surface area contributed by atoms with E-state index in [-0.39, 0.29) is 33.4 Å². The maximum atomic E-state index is 8.98. The fourth-order valence-corrected chi connectivity index (χ4v) is 7.33. The number of ether oxygens (including phenoxy) is 1. The van der Waals surface area contributed by atoms with Crippen LogP contribution >= 0.6 is 0 Å². The molecular weight excluding hydrogens is 699 g/mol. The van der Waals surface area contributed by atoms with E-state index in [0.717, 1.165) is 33.2 Å². The van der Waals surface area contributed by atoms with Gasteiger partial charge in [0, 0.05) is 29.2 Å². The molecule has 0 aliphatic carbocycles. The highest BCUT2D eigenvalue weighted by Gasteiger charge is 2.21. The van der Waals surface area contributed by atoms with Crippen molar-refractivity contribution in [3.63, 3.8) is 0 Å². The van der Waals surface area contributed by atoms with Crippen LogP contribution in [0.15, 0.2) is 182 Å². The molecule has 0 fully saturated rings. The Balaban J connectivity index is 1.15. The highest BCUT2D eigenvalue weighted by molar-refractivity contribution is 6.09. The first-order valence-electron chi connectivity index (χ1n) is 23.4. The lowest BCUT2D eigenvalue weighted by molar-refractivity contribution is -0.571. The van der Waals surface area contributed by atoms with Crippen molar-refractivity contribution in [1.29, 1.82) is 0 Å². The molecule has 0 saturated carbocycles. The zero-order valence-electron chi connectivity index (χ0n) is 41.2. The Hall–Kier alpha value is -7.31. The van der Waals surface area contributed by atoms with E-state index in [2.05, 4.69) is 49.9 Å². The summed E-state index contributed by atoms with van der Waals surface area (Å²) in [7, 11) is 0. The summed E-state index contributed by atoms with van der Waals surface area (Å²) < 4.78 is 98.7. The average molecular weight is 748 g/mol. The van der Waals surface area contributed by atoms with Crippen molar-refractivity contribution in [1.82, 2.24) is 19.1 Å². The first kappa shape index (κ1) is 25.0.